The Morgan fingerprint density at radius 3 is 1.41 bits per heavy atom. The highest BCUT2D eigenvalue weighted by Gasteiger charge is 2.38. The van der Waals surface area contributed by atoms with Crippen molar-refractivity contribution >= 4 is 46.3 Å². The van der Waals surface area contributed by atoms with Crippen molar-refractivity contribution in [1.29, 1.82) is 0 Å². The molecular formula is C74H87N11O6. The van der Waals surface area contributed by atoms with E-state index >= 15 is 0 Å². The first kappa shape index (κ1) is 66.1. The first-order chi connectivity index (χ1) is 44.3. The Hall–Kier alpha value is -9.32. The van der Waals surface area contributed by atoms with E-state index in [2.05, 4.69) is 50.5 Å². The molecule has 17 heteroatoms. The summed E-state index contributed by atoms with van der Waals surface area (Å²) in [5.74, 6) is -0.804. The van der Waals surface area contributed by atoms with Gasteiger partial charge in [0.2, 0.25) is 23.6 Å². The molecule has 10 rings (SSSR count). The predicted molar refractivity (Wildman–Crippen MR) is 357 cm³/mol. The number of aryl methyl sites for hydroxylation is 2. The van der Waals surface area contributed by atoms with Gasteiger partial charge in [0.25, 0.3) is 11.8 Å². The zero-order valence-corrected chi connectivity index (χ0v) is 52.9. The summed E-state index contributed by atoms with van der Waals surface area (Å²) in [6, 6.07) is 56.8. The van der Waals surface area contributed by atoms with Gasteiger partial charge in [0.05, 0.1) is 23.9 Å². The van der Waals surface area contributed by atoms with Gasteiger partial charge in [-0.1, -0.05) is 146 Å². The molecule has 6 aromatic carbocycles. The van der Waals surface area contributed by atoms with Gasteiger partial charge in [-0.2, -0.15) is 0 Å². The number of likely N-dealkylation sites (tertiary alicyclic amines) is 2. The first-order valence-electron chi connectivity index (χ1n) is 32.1. The SMILES string of the molecule is CN[C@@H](C)C(=O)N[C@@H](CCc1ccccc1)C(=O)N1CCC[C@H]1CN(CCc1ccccc1)C(=O)c1ccc(-n2ccnc2)cc1.CN[C@@H](C)C(=O)N[C@@H](CCc1ccccc1)C(=O)N1CCC[C@H]1CN(CCc1ccccc1)C(=O)c1ccc2ccccc2n1. The molecule has 91 heavy (non-hydrogen) atoms. The number of pyridine rings is 1. The molecule has 2 aromatic heterocycles. The molecular weight excluding hydrogens is 1140 g/mol. The lowest BCUT2D eigenvalue weighted by atomic mass is 10.0. The Morgan fingerprint density at radius 2 is 0.956 bits per heavy atom. The standard InChI is InChI=1S/C37H44N6O3.C37H43N5O3/c1-28(38-2)35(44)40-34(20-15-29-10-5-3-6-11-29)37(46)43-23-9-14-33(43)26-41(24-21-30-12-7-4-8-13-30)36(45)31-16-18-32(19-17-31)42-25-22-39-27-42;1-27(38-2)35(43)40-34(21-19-28-12-5-3-6-13-28)37(45)42-24-11-17-31(42)26-41(25-23-29-14-7-4-8-15-29)36(44)33-22-20-30-16-9-10-18-32(30)39-33/h3-8,10-13,16-19,22,25,27-28,33-34,38H,9,14-15,20-21,23-24,26H2,1-2H3,(H,40,44);3-10,12-16,18,20,22,27,31,34,38H,11,17,19,21,23-26H2,1-2H3,(H,40,43)/t28-,33-,34-;27-,31-,34-/m00/s1. The molecule has 6 atom stereocenters. The minimum Gasteiger partial charge on any atom is -0.343 e. The number of aromatic nitrogens is 3. The molecule has 0 aliphatic carbocycles. The fraction of sp³-hybridized carbons (Fsp3) is 0.351. The number of hydrogen-bond donors (Lipinski definition) is 4. The molecule has 17 nitrogen and oxygen atoms in total. The van der Waals surface area contributed by atoms with Crippen LogP contribution in [0.4, 0.5) is 0 Å². The summed E-state index contributed by atoms with van der Waals surface area (Å²) in [5, 5.41) is 13.0. The number of hydrogen-bond acceptors (Lipinski definition) is 10. The Bertz CT molecular complexity index is 3600. The van der Waals surface area contributed by atoms with Crippen LogP contribution in [0, 0.1) is 0 Å². The van der Waals surface area contributed by atoms with E-state index in [1.54, 1.807) is 46.5 Å². The van der Waals surface area contributed by atoms with E-state index in [-0.39, 0.29) is 47.5 Å². The van der Waals surface area contributed by atoms with Gasteiger partial charge >= 0.3 is 0 Å². The highest BCUT2D eigenvalue weighted by atomic mass is 16.2. The Morgan fingerprint density at radius 1 is 0.516 bits per heavy atom. The summed E-state index contributed by atoms with van der Waals surface area (Å²) < 4.78 is 1.90. The number of carbonyl (C=O) groups is 6. The molecule has 0 unspecified atom stereocenters. The van der Waals surface area contributed by atoms with Crippen molar-refractivity contribution in [2.45, 2.75) is 114 Å². The van der Waals surface area contributed by atoms with E-state index in [0.29, 0.717) is 89.1 Å². The average Bonchev–Trinajstić information content (AvgIpc) is 3.18. The van der Waals surface area contributed by atoms with Crippen LogP contribution in [-0.2, 0) is 44.9 Å². The largest absolute Gasteiger partial charge is 0.343 e. The molecule has 2 fully saturated rings. The van der Waals surface area contributed by atoms with Crippen LogP contribution in [0.15, 0.2) is 201 Å². The lowest BCUT2D eigenvalue weighted by molar-refractivity contribution is -0.138. The van der Waals surface area contributed by atoms with E-state index in [4.69, 9.17) is 4.98 Å². The molecule has 2 saturated heterocycles. The van der Waals surface area contributed by atoms with Crippen molar-refractivity contribution in [2.24, 2.45) is 0 Å². The second-order valence-electron chi connectivity index (χ2n) is 23.7. The summed E-state index contributed by atoms with van der Waals surface area (Å²) in [6.07, 6.45) is 12.3. The van der Waals surface area contributed by atoms with Crippen molar-refractivity contribution in [3.63, 3.8) is 0 Å². The highest BCUT2D eigenvalue weighted by molar-refractivity contribution is 5.96. The summed E-state index contributed by atoms with van der Waals surface area (Å²) in [6.45, 7) is 6.61. The number of carbonyl (C=O) groups excluding carboxylic acids is 6. The molecule has 0 saturated carbocycles. The molecule has 0 bridgehead atoms. The van der Waals surface area contributed by atoms with E-state index < -0.39 is 24.2 Å². The van der Waals surface area contributed by atoms with Gasteiger partial charge in [-0.15, -0.1) is 0 Å². The van der Waals surface area contributed by atoms with Gasteiger partial charge < -0.3 is 45.4 Å². The first-order valence-corrected chi connectivity index (χ1v) is 32.1. The Labute approximate surface area is 535 Å². The van der Waals surface area contributed by atoms with Gasteiger partial charge in [0.15, 0.2) is 0 Å². The fourth-order valence-corrected chi connectivity index (χ4v) is 11.9. The summed E-state index contributed by atoms with van der Waals surface area (Å²) in [4.78, 5) is 98.5. The zero-order valence-electron chi connectivity index (χ0n) is 52.9. The maximum absolute atomic E-state index is 14.2. The van der Waals surface area contributed by atoms with Gasteiger partial charge in [0, 0.05) is 80.4 Å². The van der Waals surface area contributed by atoms with Crippen LogP contribution in [0.3, 0.4) is 0 Å². The maximum Gasteiger partial charge on any atom is 0.272 e. The van der Waals surface area contributed by atoms with Gasteiger partial charge in [-0.25, -0.2) is 9.97 Å². The van der Waals surface area contributed by atoms with Crippen molar-refractivity contribution in [3.05, 3.63) is 234 Å². The molecule has 4 N–H and O–H groups in total. The molecule has 2 aliphatic rings. The van der Waals surface area contributed by atoms with Crippen molar-refractivity contribution < 1.29 is 28.8 Å². The minimum absolute atomic E-state index is 0.0656. The zero-order chi connectivity index (χ0) is 63.9. The molecule has 0 spiro atoms. The third-order valence-electron chi connectivity index (χ3n) is 17.5. The molecule has 474 valence electrons. The number of fused-ring (bicyclic) bond motifs is 1. The van der Waals surface area contributed by atoms with Crippen LogP contribution in [0.25, 0.3) is 16.6 Å². The minimum atomic E-state index is -0.662. The van der Waals surface area contributed by atoms with Crippen molar-refractivity contribution in [3.8, 4) is 5.69 Å². The van der Waals surface area contributed by atoms with Crippen LogP contribution in [-0.4, -0.2) is 159 Å². The highest BCUT2D eigenvalue weighted by Crippen LogP contribution is 2.25. The van der Waals surface area contributed by atoms with Gasteiger partial charge in [-0.3, -0.25) is 28.8 Å². The predicted octanol–water partition coefficient (Wildman–Crippen LogP) is 8.91. The number of nitrogens with one attached hydrogen (secondary N) is 4. The van der Waals surface area contributed by atoms with Gasteiger partial charge in [-0.05, 0) is 151 Å². The van der Waals surface area contributed by atoms with Crippen LogP contribution in [0.5, 0.6) is 0 Å². The average molecular weight is 1230 g/mol. The molecule has 0 radical (unpaired) electrons. The van der Waals surface area contributed by atoms with E-state index in [1.165, 1.54) is 0 Å². The van der Waals surface area contributed by atoms with Crippen LogP contribution in [0.2, 0.25) is 0 Å². The lowest BCUT2D eigenvalue weighted by Gasteiger charge is -2.33. The number of amides is 6. The van der Waals surface area contributed by atoms with Crippen LogP contribution in [0.1, 0.15) is 95.5 Å². The van der Waals surface area contributed by atoms with Crippen LogP contribution >= 0.6 is 0 Å². The maximum atomic E-state index is 14.2. The quantitative estimate of drug-likeness (QED) is 0.0386. The van der Waals surface area contributed by atoms with E-state index in [9.17, 15) is 28.8 Å². The topological polar surface area (TPSA) is 194 Å². The number of imidazole rings is 1. The number of nitrogens with zero attached hydrogens (tertiary/aromatic N) is 7. The Kier molecular flexibility index (Phi) is 24.3. The monoisotopic (exact) mass is 1230 g/mol. The van der Waals surface area contributed by atoms with Crippen molar-refractivity contribution in [2.75, 3.05) is 53.4 Å². The Balaban J connectivity index is 0.000000215. The summed E-state index contributed by atoms with van der Waals surface area (Å²) in [5.41, 5.74) is 7.22. The summed E-state index contributed by atoms with van der Waals surface area (Å²) in [7, 11) is 3.46. The smallest absolute Gasteiger partial charge is 0.272 e. The second-order valence-corrected chi connectivity index (χ2v) is 23.7. The molecule has 6 amide bonds. The number of likely N-dealkylation sites (N-methyl/N-ethyl adjacent to an activating group) is 2. The normalized spacial score (nSPS) is 15.8. The number of benzene rings is 6. The molecule has 2 aliphatic heterocycles. The van der Waals surface area contributed by atoms with Crippen LogP contribution < -0.4 is 21.3 Å². The number of rotatable bonds is 27. The molecule has 8 aromatic rings. The van der Waals surface area contributed by atoms with Crippen molar-refractivity contribution in [1.82, 2.24) is 55.4 Å². The second kappa shape index (κ2) is 33.5. The number of para-hydroxylation sites is 1. The summed E-state index contributed by atoms with van der Waals surface area (Å²) >= 11 is 0. The van der Waals surface area contributed by atoms with E-state index in [0.717, 1.165) is 64.5 Å². The third-order valence-corrected chi connectivity index (χ3v) is 17.5. The third kappa shape index (κ3) is 18.6. The van der Waals surface area contributed by atoms with Gasteiger partial charge in [0.1, 0.15) is 17.8 Å². The van der Waals surface area contributed by atoms with E-state index in [1.807, 2.05) is 182 Å². The molecule has 4 heterocycles. The fourth-order valence-electron chi connectivity index (χ4n) is 11.9. The lowest BCUT2D eigenvalue weighted by Crippen LogP contribution is -2.55.